The Morgan fingerprint density at radius 1 is 0.875 bits per heavy atom. The molecule has 2 unspecified atom stereocenters. The molecule has 2 heterocycles. The number of likely N-dealkylation sites (tertiary alicyclic amines) is 2. The molecule has 2 atom stereocenters. The minimum absolute atomic E-state index is 0.0204. The highest BCUT2D eigenvalue weighted by Crippen LogP contribution is 2.36. The Balaban J connectivity index is 1.64. The Bertz CT molecular complexity index is 477. The van der Waals surface area contributed by atoms with Crippen molar-refractivity contribution in [2.75, 3.05) is 19.6 Å². The quantitative estimate of drug-likeness (QED) is 0.776. The van der Waals surface area contributed by atoms with Gasteiger partial charge in [0.1, 0.15) is 0 Å². The first-order valence-corrected chi connectivity index (χ1v) is 9.98. The maximum atomic E-state index is 13.2. The fourth-order valence-corrected chi connectivity index (χ4v) is 4.97. The Hall–Kier alpha value is -1.06. The lowest BCUT2D eigenvalue weighted by atomic mass is 9.90. The van der Waals surface area contributed by atoms with Crippen molar-refractivity contribution in [1.82, 2.24) is 9.80 Å². The predicted octanol–water partition coefficient (Wildman–Crippen LogP) is 3.45. The lowest BCUT2D eigenvalue weighted by Gasteiger charge is -2.39. The first-order valence-electron chi connectivity index (χ1n) is 9.98. The molecule has 0 aromatic carbocycles. The van der Waals surface area contributed by atoms with Crippen molar-refractivity contribution in [3.05, 3.63) is 0 Å². The Labute approximate surface area is 146 Å². The van der Waals surface area contributed by atoms with Crippen molar-refractivity contribution in [3.63, 3.8) is 0 Å². The summed E-state index contributed by atoms with van der Waals surface area (Å²) in [4.78, 5) is 29.9. The first-order chi connectivity index (χ1) is 11.4. The highest BCUT2D eigenvalue weighted by atomic mass is 16.2. The van der Waals surface area contributed by atoms with E-state index in [0.717, 1.165) is 38.3 Å². The smallest absolute Gasteiger partial charge is 0.227 e. The largest absolute Gasteiger partial charge is 0.341 e. The highest BCUT2D eigenvalue weighted by Gasteiger charge is 2.40. The summed E-state index contributed by atoms with van der Waals surface area (Å²) in [6.45, 7) is 8.28. The topological polar surface area (TPSA) is 40.6 Å². The van der Waals surface area contributed by atoms with Crippen LogP contribution in [0.25, 0.3) is 0 Å². The fraction of sp³-hybridized carbons (Fsp3) is 0.900. The zero-order chi connectivity index (χ0) is 17.3. The minimum Gasteiger partial charge on any atom is -0.341 e. The predicted molar refractivity (Wildman–Crippen MR) is 95.5 cm³/mol. The van der Waals surface area contributed by atoms with Crippen LogP contribution in [0.2, 0.25) is 0 Å². The zero-order valence-electron chi connectivity index (χ0n) is 15.7. The van der Waals surface area contributed by atoms with E-state index < -0.39 is 0 Å². The lowest BCUT2D eigenvalue weighted by Crippen LogP contribution is -2.51. The molecule has 2 aliphatic heterocycles. The monoisotopic (exact) mass is 334 g/mol. The van der Waals surface area contributed by atoms with E-state index in [1.54, 1.807) is 0 Å². The van der Waals surface area contributed by atoms with Gasteiger partial charge in [0.15, 0.2) is 0 Å². The number of piperidine rings is 1. The van der Waals surface area contributed by atoms with E-state index in [9.17, 15) is 9.59 Å². The summed E-state index contributed by atoms with van der Waals surface area (Å²) in [5.41, 5.74) is -0.356. The second-order valence-electron chi connectivity index (χ2n) is 9.13. The minimum atomic E-state index is -0.356. The number of nitrogens with zero attached hydrogens (tertiary/aromatic N) is 2. The van der Waals surface area contributed by atoms with Gasteiger partial charge in [0, 0.05) is 31.1 Å². The van der Waals surface area contributed by atoms with Crippen LogP contribution in [0.3, 0.4) is 0 Å². The van der Waals surface area contributed by atoms with E-state index >= 15 is 0 Å². The molecule has 0 aromatic rings. The summed E-state index contributed by atoms with van der Waals surface area (Å²) in [6, 6.07) is 0.480. The molecule has 0 N–H and O–H groups in total. The first kappa shape index (κ1) is 17.8. The molecule has 4 heteroatoms. The molecule has 24 heavy (non-hydrogen) atoms. The molecular formula is C20H34N2O2. The normalized spacial score (nSPS) is 29.3. The highest BCUT2D eigenvalue weighted by molar-refractivity contribution is 5.84. The van der Waals surface area contributed by atoms with Crippen molar-refractivity contribution in [3.8, 4) is 0 Å². The molecule has 4 nitrogen and oxygen atoms in total. The van der Waals surface area contributed by atoms with E-state index in [2.05, 4.69) is 4.90 Å². The number of carbonyl (C=O) groups is 2. The molecule has 136 valence electrons. The average molecular weight is 335 g/mol. The summed E-state index contributed by atoms with van der Waals surface area (Å²) < 4.78 is 0. The fourth-order valence-electron chi connectivity index (χ4n) is 4.97. The maximum Gasteiger partial charge on any atom is 0.227 e. The van der Waals surface area contributed by atoms with E-state index in [0.29, 0.717) is 18.5 Å². The molecule has 2 saturated heterocycles. The van der Waals surface area contributed by atoms with Gasteiger partial charge in [-0.25, -0.2) is 0 Å². The third-order valence-electron chi connectivity index (χ3n) is 6.23. The summed E-state index contributed by atoms with van der Waals surface area (Å²) in [7, 11) is 0. The molecule has 0 radical (unpaired) electrons. The van der Waals surface area contributed by atoms with Crippen LogP contribution in [0, 0.1) is 17.3 Å². The van der Waals surface area contributed by atoms with E-state index in [1.165, 1.54) is 32.1 Å². The van der Waals surface area contributed by atoms with Crippen molar-refractivity contribution in [2.45, 2.75) is 78.2 Å². The van der Waals surface area contributed by atoms with Gasteiger partial charge in [-0.05, 0) is 44.4 Å². The molecule has 0 aromatic heterocycles. The average Bonchev–Trinajstić information content (AvgIpc) is 3.23. The maximum absolute atomic E-state index is 13.2. The van der Waals surface area contributed by atoms with Crippen molar-refractivity contribution < 1.29 is 9.59 Å². The van der Waals surface area contributed by atoms with Gasteiger partial charge in [0.05, 0.1) is 5.92 Å². The lowest BCUT2D eigenvalue weighted by molar-refractivity contribution is -0.146. The van der Waals surface area contributed by atoms with Crippen LogP contribution in [0.5, 0.6) is 0 Å². The Morgan fingerprint density at radius 3 is 2.21 bits per heavy atom. The molecule has 3 fully saturated rings. The van der Waals surface area contributed by atoms with Crippen LogP contribution in [0.4, 0.5) is 0 Å². The van der Waals surface area contributed by atoms with Crippen LogP contribution in [-0.2, 0) is 9.59 Å². The summed E-state index contributed by atoms with van der Waals surface area (Å²) >= 11 is 0. The molecule has 3 rings (SSSR count). The van der Waals surface area contributed by atoms with Gasteiger partial charge in [0.2, 0.25) is 11.8 Å². The zero-order valence-corrected chi connectivity index (χ0v) is 15.7. The number of hydrogen-bond acceptors (Lipinski definition) is 2. The van der Waals surface area contributed by atoms with Crippen LogP contribution in [0.1, 0.15) is 72.1 Å². The van der Waals surface area contributed by atoms with Crippen LogP contribution in [-0.4, -0.2) is 47.3 Å². The van der Waals surface area contributed by atoms with Gasteiger partial charge in [-0.3, -0.25) is 9.59 Å². The van der Waals surface area contributed by atoms with Crippen LogP contribution < -0.4 is 0 Å². The van der Waals surface area contributed by atoms with E-state index in [1.807, 2.05) is 25.7 Å². The molecule has 0 bridgehead atoms. The SMILES string of the molecule is CC(C)(C)C(=O)N1CCCC(C(=O)N2CCCC2C2CCCC2)C1. The molecule has 1 aliphatic carbocycles. The molecule has 3 aliphatic rings. The van der Waals surface area contributed by atoms with Crippen molar-refractivity contribution in [2.24, 2.45) is 17.3 Å². The van der Waals surface area contributed by atoms with Crippen molar-refractivity contribution >= 4 is 11.8 Å². The van der Waals surface area contributed by atoms with Crippen LogP contribution in [0.15, 0.2) is 0 Å². The standard InChI is InChI=1S/C20H34N2O2/c1-20(2,3)19(24)21-12-6-10-16(14-21)18(23)22-13-7-11-17(22)15-8-4-5-9-15/h15-17H,4-14H2,1-3H3. The van der Waals surface area contributed by atoms with Gasteiger partial charge in [0.25, 0.3) is 0 Å². The Kier molecular flexibility index (Phi) is 5.22. The third-order valence-corrected chi connectivity index (χ3v) is 6.23. The van der Waals surface area contributed by atoms with Gasteiger partial charge < -0.3 is 9.80 Å². The van der Waals surface area contributed by atoms with E-state index in [-0.39, 0.29) is 17.2 Å². The number of hydrogen-bond donors (Lipinski definition) is 0. The molecule has 2 amide bonds. The van der Waals surface area contributed by atoms with E-state index in [4.69, 9.17) is 0 Å². The Morgan fingerprint density at radius 2 is 1.54 bits per heavy atom. The molecule has 1 saturated carbocycles. The summed E-state index contributed by atoms with van der Waals surface area (Å²) in [5.74, 6) is 1.27. The summed E-state index contributed by atoms with van der Waals surface area (Å²) in [6.07, 6.45) is 9.52. The second-order valence-corrected chi connectivity index (χ2v) is 9.13. The molecular weight excluding hydrogens is 300 g/mol. The van der Waals surface area contributed by atoms with Gasteiger partial charge >= 0.3 is 0 Å². The van der Waals surface area contributed by atoms with Crippen molar-refractivity contribution in [1.29, 1.82) is 0 Å². The number of amides is 2. The van der Waals surface area contributed by atoms with Gasteiger partial charge in [-0.1, -0.05) is 33.6 Å². The second kappa shape index (κ2) is 7.05. The van der Waals surface area contributed by atoms with Gasteiger partial charge in [-0.15, -0.1) is 0 Å². The number of carbonyl (C=O) groups excluding carboxylic acids is 2. The summed E-state index contributed by atoms with van der Waals surface area (Å²) in [5, 5.41) is 0. The van der Waals surface area contributed by atoms with Gasteiger partial charge in [-0.2, -0.15) is 0 Å². The third kappa shape index (κ3) is 3.62. The van der Waals surface area contributed by atoms with Crippen LogP contribution >= 0.6 is 0 Å². The number of rotatable bonds is 2. The molecule has 0 spiro atoms.